The molecule has 0 fully saturated rings. The summed E-state index contributed by atoms with van der Waals surface area (Å²) in [6.07, 6.45) is 0. The Hall–Kier alpha value is -0.790. The minimum Gasteiger partial charge on any atom is -0.398 e. The highest BCUT2D eigenvalue weighted by molar-refractivity contribution is 5.97. The van der Waals surface area contributed by atoms with Crippen molar-refractivity contribution in [1.82, 2.24) is 0 Å². The predicted molar refractivity (Wildman–Crippen MR) is 35.9 cm³/mol. The largest absolute Gasteiger partial charge is 0.398 e. The van der Waals surface area contributed by atoms with Crippen LogP contribution in [-0.4, -0.2) is 5.71 Å². The summed E-state index contributed by atoms with van der Waals surface area (Å²) in [5.74, 6) is 0.201. The fourth-order valence-electron chi connectivity index (χ4n) is 0.371. The number of hydrogen-bond donors (Lipinski definition) is 2. The summed E-state index contributed by atoms with van der Waals surface area (Å²) < 4.78 is 0. The van der Waals surface area contributed by atoms with Crippen LogP contribution in [0, 0.1) is 11.3 Å². The highest BCUT2D eigenvalue weighted by Crippen LogP contribution is 1.97. The molecule has 46 valence electrons. The first kappa shape index (κ1) is 7.21. The van der Waals surface area contributed by atoms with E-state index in [0.29, 0.717) is 11.4 Å². The molecular formula is C6H12N2. The third kappa shape index (κ3) is 1.78. The first-order valence-corrected chi connectivity index (χ1v) is 2.59. The second-order valence-corrected chi connectivity index (χ2v) is 2.09. The summed E-state index contributed by atoms with van der Waals surface area (Å²) in [6, 6.07) is 0. The molecule has 0 aromatic heterocycles. The van der Waals surface area contributed by atoms with Gasteiger partial charge in [0, 0.05) is 5.70 Å². The highest BCUT2D eigenvalue weighted by atomic mass is 14.6. The maximum absolute atomic E-state index is 7.17. The summed E-state index contributed by atoms with van der Waals surface area (Å²) in [6.45, 7) is 7.26. The van der Waals surface area contributed by atoms with Gasteiger partial charge in [0.05, 0.1) is 5.71 Å². The average Bonchev–Trinajstić information content (AvgIpc) is 1.64. The van der Waals surface area contributed by atoms with Crippen LogP contribution in [0.4, 0.5) is 0 Å². The third-order valence-electron chi connectivity index (χ3n) is 0.923. The van der Waals surface area contributed by atoms with Crippen LogP contribution in [0.25, 0.3) is 0 Å². The van der Waals surface area contributed by atoms with Gasteiger partial charge in [-0.15, -0.1) is 0 Å². The zero-order valence-corrected chi connectivity index (χ0v) is 5.36. The Morgan fingerprint density at radius 2 is 2.00 bits per heavy atom. The van der Waals surface area contributed by atoms with E-state index in [0.717, 1.165) is 0 Å². The van der Waals surface area contributed by atoms with E-state index >= 15 is 0 Å². The van der Waals surface area contributed by atoms with Gasteiger partial charge in [0.25, 0.3) is 0 Å². The lowest BCUT2D eigenvalue weighted by Gasteiger charge is -2.03. The molecule has 0 spiro atoms. The van der Waals surface area contributed by atoms with Crippen molar-refractivity contribution in [2.24, 2.45) is 11.7 Å². The van der Waals surface area contributed by atoms with Gasteiger partial charge in [0.15, 0.2) is 0 Å². The SMILES string of the molecule is C=C(N)C(=N)C(C)C. The Morgan fingerprint density at radius 1 is 1.62 bits per heavy atom. The highest BCUT2D eigenvalue weighted by Gasteiger charge is 2.01. The van der Waals surface area contributed by atoms with Crippen molar-refractivity contribution in [2.75, 3.05) is 0 Å². The van der Waals surface area contributed by atoms with Crippen LogP contribution >= 0.6 is 0 Å². The van der Waals surface area contributed by atoms with Gasteiger partial charge in [0.2, 0.25) is 0 Å². The van der Waals surface area contributed by atoms with E-state index in [4.69, 9.17) is 11.1 Å². The second-order valence-electron chi connectivity index (χ2n) is 2.09. The number of hydrogen-bond acceptors (Lipinski definition) is 2. The molecule has 0 aliphatic carbocycles. The lowest BCUT2D eigenvalue weighted by atomic mass is 10.1. The van der Waals surface area contributed by atoms with Crippen molar-refractivity contribution in [3.05, 3.63) is 12.3 Å². The lowest BCUT2D eigenvalue weighted by Crippen LogP contribution is -2.14. The van der Waals surface area contributed by atoms with Crippen LogP contribution < -0.4 is 5.73 Å². The Morgan fingerprint density at radius 3 is 2.00 bits per heavy atom. The average molecular weight is 112 g/mol. The number of nitrogens with two attached hydrogens (primary N) is 1. The Bertz CT molecular complexity index is 114. The zero-order chi connectivity index (χ0) is 6.73. The summed E-state index contributed by atoms with van der Waals surface area (Å²) in [4.78, 5) is 0. The van der Waals surface area contributed by atoms with Gasteiger partial charge >= 0.3 is 0 Å². The molecule has 8 heavy (non-hydrogen) atoms. The maximum Gasteiger partial charge on any atom is 0.0562 e. The van der Waals surface area contributed by atoms with Gasteiger partial charge in [-0.3, -0.25) is 0 Å². The fraction of sp³-hybridized carbons (Fsp3) is 0.500. The van der Waals surface area contributed by atoms with E-state index < -0.39 is 0 Å². The molecule has 3 N–H and O–H groups in total. The summed E-state index contributed by atoms with van der Waals surface area (Å²) >= 11 is 0. The van der Waals surface area contributed by atoms with Crippen LogP contribution in [0.2, 0.25) is 0 Å². The number of nitrogens with one attached hydrogen (secondary N) is 1. The van der Waals surface area contributed by atoms with Crippen LogP contribution in [-0.2, 0) is 0 Å². The van der Waals surface area contributed by atoms with Crippen molar-refractivity contribution >= 4 is 5.71 Å². The maximum atomic E-state index is 7.17. The van der Waals surface area contributed by atoms with E-state index in [2.05, 4.69) is 6.58 Å². The van der Waals surface area contributed by atoms with E-state index in [-0.39, 0.29) is 5.92 Å². The topological polar surface area (TPSA) is 49.9 Å². The molecule has 0 saturated carbocycles. The van der Waals surface area contributed by atoms with E-state index in [1.54, 1.807) is 0 Å². The number of rotatable bonds is 2. The van der Waals surface area contributed by atoms with Crippen molar-refractivity contribution in [3.8, 4) is 0 Å². The van der Waals surface area contributed by atoms with Crippen LogP contribution in [0.3, 0.4) is 0 Å². The first-order valence-electron chi connectivity index (χ1n) is 2.59. The van der Waals surface area contributed by atoms with Crippen LogP contribution in [0.15, 0.2) is 12.3 Å². The lowest BCUT2D eigenvalue weighted by molar-refractivity contribution is 0.873. The molecule has 0 aliphatic heterocycles. The molecular weight excluding hydrogens is 100 g/mol. The smallest absolute Gasteiger partial charge is 0.0562 e. The molecule has 2 nitrogen and oxygen atoms in total. The van der Waals surface area contributed by atoms with Gasteiger partial charge in [0.1, 0.15) is 0 Å². The Kier molecular flexibility index (Phi) is 2.25. The normalized spacial score (nSPS) is 9.38. The molecule has 0 aromatic rings. The van der Waals surface area contributed by atoms with Gasteiger partial charge in [-0.1, -0.05) is 20.4 Å². The quantitative estimate of drug-likeness (QED) is 0.517. The summed E-state index contributed by atoms with van der Waals surface area (Å²) in [5.41, 5.74) is 6.03. The minimum atomic E-state index is 0.201. The fourth-order valence-corrected chi connectivity index (χ4v) is 0.371. The number of allylic oxidation sites excluding steroid dienone is 1. The van der Waals surface area contributed by atoms with Gasteiger partial charge in [-0.25, -0.2) is 0 Å². The summed E-state index contributed by atoms with van der Waals surface area (Å²) in [7, 11) is 0. The minimum absolute atomic E-state index is 0.201. The summed E-state index contributed by atoms with van der Waals surface area (Å²) in [5, 5.41) is 7.17. The predicted octanol–water partition coefficient (Wildman–Crippen LogP) is 1.13. The third-order valence-corrected chi connectivity index (χ3v) is 0.923. The van der Waals surface area contributed by atoms with E-state index in [1.807, 2.05) is 13.8 Å². The monoisotopic (exact) mass is 112 g/mol. The van der Waals surface area contributed by atoms with Crippen molar-refractivity contribution in [1.29, 1.82) is 5.41 Å². The molecule has 0 atom stereocenters. The van der Waals surface area contributed by atoms with E-state index in [9.17, 15) is 0 Å². The molecule has 0 radical (unpaired) electrons. The van der Waals surface area contributed by atoms with Crippen LogP contribution in [0.1, 0.15) is 13.8 Å². The molecule has 0 heterocycles. The van der Waals surface area contributed by atoms with Gasteiger partial charge in [-0.2, -0.15) is 0 Å². The molecule has 0 aromatic carbocycles. The Balaban J connectivity index is 3.84. The zero-order valence-electron chi connectivity index (χ0n) is 5.36. The second kappa shape index (κ2) is 2.50. The van der Waals surface area contributed by atoms with E-state index in [1.165, 1.54) is 0 Å². The van der Waals surface area contributed by atoms with Gasteiger partial charge in [-0.05, 0) is 5.92 Å². The van der Waals surface area contributed by atoms with Crippen molar-refractivity contribution < 1.29 is 0 Å². The van der Waals surface area contributed by atoms with Crippen molar-refractivity contribution in [2.45, 2.75) is 13.8 Å². The van der Waals surface area contributed by atoms with Crippen LogP contribution in [0.5, 0.6) is 0 Å². The standard InChI is InChI=1S/C6H12N2/c1-4(2)6(8)5(3)7/h4,8H,3,7H2,1-2H3. The first-order chi connectivity index (χ1) is 3.55. The molecule has 0 saturated heterocycles. The molecule has 0 unspecified atom stereocenters. The molecule has 0 amide bonds. The molecule has 0 aliphatic rings. The van der Waals surface area contributed by atoms with Crippen molar-refractivity contribution in [3.63, 3.8) is 0 Å². The molecule has 0 rings (SSSR count). The Labute approximate surface area is 49.9 Å². The molecule has 0 bridgehead atoms. The molecule has 2 heteroatoms. The van der Waals surface area contributed by atoms with Gasteiger partial charge < -0.3 is 11.1 Å².